The number of nitriles is 1. The third-order valence-electron chi connectivity index (χ3n) is 4.90. The summed E-state index contributed by atoms with van der Waals surface area (Å²) in [6.07, 6.45) is -4.35. The Bertz CT molecular complexity index is 928. The molecule has 0 aliphatic carbocycles. The number of nitrogens with zero attached hydrogens (tertiary/aromatic N) is 3. The lowest BCUT2D eigenvalue weighted by molar-refractivity contribution is -0.180. The van der Waals surface area contributed by atoms with E-state index < -0.39 is 29.1 Å². The topological polar surface area (TPSA) is 60.1 Å². The third-order valence-corrected chi connectivity index (χ3v) is 4.90. The van der Waals surface area contributed by atoms with Crippen molar-refractivity contribution in [3.8, 4) is 17.8 Å². The molecule has 9 heteroatoms. The molecule has 0 saturated heterocycles. The normalized spacial score (nSPS) is 16.4. The van der Waals surface area contributed by atoms with Gasteiger partial charge in [-0.15, -0.1) is 0 Å². The van der Waals surface area contributed by atoms with Crippen molar-refractivity contribution in [1.29, 1.82) is 5.26 Å². The highest BCUT2D eigenvalue weighted by molar-refractivity contribution is 5.35. The number of rotatable bonds is 5. The van der Waals surface area contributed by atoms with Crippen LogP contribution in [-0.4, -0.2) is 28.4 Å². The van der Waals surface area contributed by atoms with Crippen molar-refractivity contribution in [2.45, 2.75) is 51.4 Å². The minimum atomic E-state index is -4.58. The van der Waals surface area contributed by atoms with Crippen LogP contribution in [-0.2, 0) is 18.4 Å². The minimum absolute atomic E-state index is 0.0653. The molecule has 2 aromatic rings. The predicted octanol–water partition coefficient (Wildman–Crippen LogP) is 4.14. The second-order valence-electron chi connectivity index (χ2n) is 7.08. The van der Waals surface area contributed by atoms with E-state index in [4.69, 9.17) is 14.7 Å². The van der Waals surface area contributed by atoms with Gasteiger partial charge in [0.15, 0.2) is 11.8 Å². The second-order valence-corrected chi connectivity index (χ2v) is 7.08. The summed E-state index contributed by atoms with van der Waals surface area (Å²) in [5.74, 6) is -0.868. The van der Waals surface area contributed by atoms with Gasteiger partial charge in [0, 0.05) is 11.6 Å². The fraction of sp³-hybridized carbons (Fsp3) is 0.474. The molecule has 28 heavy (non-hydrogen) atoms. The average Bonchev–Trinajstić information content (AvgIpc) is 3.15. The van der Waals surface area contributed by atoms with E-state index >= 15 is 0 Å². The van der Waals surface area contributed by atoms with Crippen molar-refractivity contribution < 1.29 is 27.0 Å². The lowest BCUT2D eigenvalue weighted by atomic mass is 9.83. The van der Waals surface area contributed by atoms with Crippen molar-refractivity contribution in [3.63, 3.8) is 0 Å². The van der Waals surface area contributed by atoms with Crippen LogP contribution in [0.15, 0.2) is 18.2 Å². The lowest BCUT2D eigenvalue weighted by Crippen LogP contribution is -2.37. The van der Waals surface area contributed by atoms with Crippen LogP contribution < -0.4 is 9.47 Å². The van der Waals surface area contributed by atoms with Crippen LogP contribution in [0.5, 0.6) is 11.8 Å². The summed E-state index contributed by atoms with van der Waals surface area (Å²) in [7, 11) is 0. The smallest absolute Gasteiger partial charge is 0.398 e. The quantitative estimate of drug-likeness (QED) is 0.712. The summed E-state index contributed by atoms with van der Waals surface area (Å²) in [5.41, 5.74) is -1.67. The molecule has 0 fully saturated rings. The molecule has 3 rings (SSSR count). The fourth-order valence-corrected chi connectivity index (χ4v) is 3.10. The van der Waals surface area contributed by atoms with Gasteiger partial charge >= 0.3 is 6.18 Å². The van der Waals surface area contributed by atoms with E-state index in [9.17, 15) is 17.6 Å². The Morgan fingerprint density at radius 3 is 2.64 bits per heavy atom. The van der Waals surface area contributed by atoms with Crippen molar-refractivity contribution >= 4 is 0 Å². The maximum atomic E-state index is 14.3. The number of benzene rings is 1. The van der Waals surface area contributed by atoms with Gasteiger partial charge in [0.05, 0.1) is 17.7 Å². The van der Waals surface area contributed by atoms with E-state index in [1.807, 2.05) is 13.0 Å². The number of hydrogen-bond donors (Lipinski definition) is 0. The van der Waals surface area contributed by atoms with Gasteiger partial charge < -0.3 is 9.47 Å². The van der Waals surface area contributed by atoms with Gasteiger partial charge in [0.1, 0.15) is 24.2 Å². The van der Waals surface area contributed by atoms with Crippen LogP contribution in [0, 0.1) is 17.1 Å². The van der Waals surface area contributed by atoms with E-state index in [0.29, 0.717) is 24.7 Å². The van der Waals surface area contributed by atoms with E-state index in [1.165, 1.54) is 6.07 Å². The number of alkyl halides is 3. The zero-order valence-corrected chi connectivity index (χ0v) is 15.6. The summed E-state index contributed by atoms with van der Waals surface area (Å²) in [4.78, 5) is 4.12. The van der Waals surface area contributed by atoms with Gasteiger partial charge in [-0.25, -0.2) is 4.39 Å². The molecule has 1 aliphatic rings. The van der Waals surface area contributed by atoms with Crippen molar-refractivity contribution in [3.05, 3.63) is 41.0 Å². The molecule has 0 N–H and O–H groups in total. The first-order valence-corrected chi connectivity index (χ1v) is 8.74. The Labute approximate surface area is 159 Å². The Kier molecular flexibility index (Phi) is 5.00. The van der Waals surface area contributed by atoms with Crippen molar-refractivity contribution in [2.24, 2.45) is 0 Å². The largest absolute Gasteiger partial charge is 0.490 e. The highest BCUT2D eigenvalue weighted by Crippen LogP contribution is 2.42. The van der Waals surface area contributed by atoms with Gasteiger partial charge in [-0.05, 0) is 26.3 Å². The fourth-order valence-electron chi connectivity index (χ4n) is 3.10. The van der Waals surface area contributed by atoms with Crippen LogP contribution in [0.4, 0.5) is 17.6 Å². The van der Waals surface area contributed by atoms with Crippen molar-refractivity contribution in [2.75, 3.05) is 6.61 Å². The van der Waals surface area contributed by atoms with Gasteiger partial charge in [-0.1, -0.05) is 13.0 Å². The molecule has 1 aliphatic heterocycles. The van der Waals surface area contributed by atoms with Crippen LogP contribution in [0.25, 0.3) is 0 Å². The van der Waals surface area contributed by atoms with Crippen LogP contribution in [0.1, 0.15) is 37.7 Å². The molecule has 1 aromatic carbocycles. The Hall–Kier alpha value is -2.76. The summed E-state index contributed by atoms with van der Waals surface area (Å²) >= 11 is 0. The second kappa shape index (κ2) is 7.00. The van der Waals surface area contributed by atoms with Gasteiger partial charge in [-0.2, -0.15) is 23.4 Å². The predicted molar refractivity (Wildman–Crippen MR) is 91.7 cm³/mol. The molecule has 0 saturated carbocycles. The zero-order chi connectivity index (χ0) is 20.7. The molecule has 2 heterocycles. The zero-order valence-electron chi connectivity index (χ0n) is 15.6. The molecule has 1 atom stereocenters. The van der Waals surface area contributed by atoms with E-state index in [-0.39, 0.29) is 12.4 Å². The number of hydrogen-bond acceptors (Lipinski definition) is 4. The molecule has 0 radical (unpaired) electrons. The number of ether oxygens (including phenoxy) is 2. The Morgan fingerprint density at radius 1 is 1.36 bits per heavy atom. The molecule has 0 unspecified atom stereocenters. The Balaban J connectivity index is 1.67. The highest BCUT2D eigenvalue weighted by Gasteiger charge is 2.49. The van der Waals surface area contributed by atoms with Gasteiger partial charge in [-0.3, -0.25) is 4.57 Å². The summed E-state index contributed by atoms with van der Waals surface area (Å²) < 4.78 is 66.6. The van der Waals surface area contributed by atoms with Crippen LogP contribution in [0.2, 0.25) is 0 Å². The van der Waals surface area contributed by atoms with Gasteiger partial charge in [0.2, 0.25) is 0 Å². The summed E-state index contributed by atoms with van der Waals surface area (Å²) in [6, 6.07) is 5.69. The Morgan fingerprint density at radius 2 is 2.07 bits per heavy atom. The summed E-state index contributed by atoms with van der Waals surface area (Å²) in [5, 5.41) is 9.07. The number of fused-ring (bicyclic) bond motifs is 1. The number of imidazole rings is 1. The van der Waals surface area contributed by atoms with E-state index in [0.717, 1.165) is 31.7 Å². The first kappa shape index (κ1) is 20.0. The molecular weight excluding hydrogens is 378 g/mol. The highest BCUT2D eigenvalue weighted by atomic mass is 19.4. The maximum Gasteiger partial charge on any atom is 0.398 e. The first-order valence-electron chi connectivity index (χ1n) is 8.74. The third kappa shape index (κ3) is 3.39. The maximum absolute atomic E-state index is 14.3. The molecular formula is C19H19F4N3O2. The average molecular weight is 397 g/mol. The van der Waals surface area contributed by atoms with Crippen LogP contribution in [0.3, 0.4) is 0 Å². The number of aromatic nitrogens is 2. The summed E-state index contributed by atoms with van der Waals surface area (Å²) in [6.45, 7) is 4.26. The lowest BCUT2D eigenvalue weighted by Gasteiger charge is -2.28. The first-order chi connectivity index (χ1) is 13.1. The van der Waals surface area contributed by atoms with Gasteiger partial charge in [0.25, 0.3) is 6.01 Å². The van der Waals surface area contributed by atoms with E-state index in [2.05, 4.69) is 4.98 Å². The standard InChI is InChI=1S/C19H19F4N3O2/c1-4-16-15(8-24)25-17-26(16)9-12(28-17)10-27-11-5-6-13(14(20)7-11)18(2,3)19(21,22)23/h5-7,12H,4,9-10H2,1-3H3/t12-/m0/s1. The molecule has 5 nitrogen and oxygen atoms in total. The molecule has 0 spiro atoms. The SMILES string of the molecule is CCc1c(C#N)nc2n1C[C@@H](COc1ccc(C(C)(C)C(F)(F)F)c(F)c1)O2. The molecule has 1 aromatic heterocycles. The van der Waals surface area contributed by atoms with Crippen molar-refractivity contribution in [1.82, 2.24) is 9.55 Å². The number of halogens is 4. The van der Waals surface area contributed by atoms with E-state index in [1.54, 1.807) is 4.57 Å². The minimum Gasteiger partial charge on any atom is -0.490 e. The molecule has 150 valence electrons. The molecule has 0 amide bonds. The molecule has 0 bridgehead atoms. The van der Waals surface area contributed by atoms with Crippen LogP contribution >= 0.6 is 0 Å². The monoisotopic (exact) mass is 397 g/mol.